The Balaban J connectivity index is 2.11. The lowest BCUT2D eigenvalue weighted by molar-refractivity contribution is 0.0527. The van der Waals surface area contributed by atoms with Crippen LogP contribution in [-0.4, -0.2) is 47.5 Å². The molecule has 0 bridgehead atoms. The number of carbonyl (C=O) groups excluding carboxylic acids is 2. The molecule has 3 aromatic rings. The van der Waals surface area contributed by atoms with Gasteiger partial charge in [0, 0.05) is 30.4 Å². The summed E-state index contributed by atoms with van der Waals surface area (Å²) < 4.78 is 17.2. The largest absolute Gasteiger partial charge is 0.493 e. The fourth-order valence-corrected chi connectivity index (χ4v) is 2.98. The molecule has 0 aliphatic rings. The van der Waals surface area contributed by atoms with Crippen LogP contribution in [0.5, 0.6) is 11.5 Å². The number of nitrogens with one attached hydrogen (secondary N) is 1. The van der Waals surface area contributed by atoms with Gasteiger partial charge in [-0.1, -0.05) is 0 Å². The van der Waals surface area contributed by atoms with E-state index in [-0.39, 0.29) is 23.7 Å². The van der Waals surface area contributed by atoms with Crippen LogP contribution in [0.1, 0.15) is 27.8 Å². The molecule has 0 saturated heterocycles. The quantitative estimate of drug-likeness (QED) is 0.475. The highest BCUT2D eigenvalue weighted by molar-refractivity contribution is 6.16. The number of methoxy groups -OCH3 is 2. The third-order valence-corrected chi connectivity index (χ3v) is 4.30. The number of esters is 1. The van der Waals surface area contributed by atoms with Crippen LogP contribution in [-0.2, 0) is 11.8 Å². The highest BCUT2D eigenvalue weighted by atomic mass is 16.5. The molecule has 29 heavy (non-hydrogen) atoms. The Labute approximate surface area is 166 Å². The minimum atomic E-state index is -0.592. The van der Waals surface area contributed by atoms with Gasteiger partial charge in [0.1, 0.15) is 17.1 Å². The van der Waals surface area contributed by atoms with Crippen LogP contribution < -0.4 is 20.5 Å². The first kappa shape index (κ1) is 19.9. The average Bonchev–Trinajstić information content (AvgIpc) is 3.08. The van der Waals surface area contributed by atoms with Gasteiger partial charge in [-0.3, -0.25) is 14.5 Å². The zero-order valence-electron chi connectivity index (χ0n) is 16.5. The summed E-state index contributed by atoms with van der Waals surface area (Å²) in [5.41, 5.74) is 6.70. The molecule has 3 rings (SSSR count). The van der Waals surface area contributed by atoms with Crippen LogP contribution in [0, 0.1) is 0 Å². The van der Waals surface area contributed by atoms with E-state index in [9.17, 15) is 9.59 Å². The summed E-state index contributed by atoms with van der Waals surface area (Å²) in [6.07, 6.45) is 2.79. The number of aryl methyl sites for hydroxylation is 1. The van der Waals surface area contributed by atoms with E-state index in [0.717, 1.165) is 0 Å². The Morgan fingerprint density at radius 3 is 2.69 bits per heavy atom. The molecule has 1 amide bonds. The van der Waals surface area contributed by atoms with E-state index in [0.29, 0.717) is 28.0 Å². The Morgan fingerprint density at radius 2 is 2.03 bits per heavy atom. The molecule has 2 heterocycles. The standard InChI is InChI=1S/C19H21N5O5/c1-5-29-19(26)11-9-22-24(2)17(11)23-18(25)15-14-10(6-7-21-15)12(20)8-13(27-3)16(14)28-4/h6-9H,5,20H2,1-4H3,(H,23,25). The number of benzene rings is 1. The first-order valence-corrected chi connectivity index (χ1v) is 8.72. The van der Waals surface area contributed by atoms with Crippen LogP contribution in [0.2, 0.25) is 0 Å². The average molecular weight is 399 g/mol. The Hall–Kier alpha value is -3.82. The van der Waals surface area contributed by atoms with Gasteiger partial charge in [0.25, 0.3) is 5.91 Å². The number of nitrogens with two attached hydrogens (primary N) is 1. The van der Waals surface area contributed by atoms with Gasteiger partial charge in [0.15, 0.2) is 11.5 Å². The Kier molecular flexibility index (Phi) is 5.53. The molecule has 0 aliphatic carbocycles. The van der Waals surface area contributed by atoms with Crippen LogP contribution in [0.3, 0.4) is 0 Å². The first-order valence-electron chi connectivity index (χ1n) is 8.72. The van der Waals surface area contributed by atoms with Crippen LogP contribution >= 0.6 is 0 Å². The molecule has 10 heteroatoms. The zero-order valence-corrected chi connectivity index (χ0v) is 16.5. The van der Waals surface area contributed by atoms with E-state index in [2.05, 4.69) is 15.4 Å². The zero-order chi connectivity index (χ0) is 21.1. The van der Waals surface area contributed by atoms with E-state index in [1.54, 1.807) is 26.1 Å². The van der Waals surface area contributed by atoms with Crippen molar-refractivity contribution in [2.75, 3.05) is 31.9 Å². The SMILES string of the molecule is CCOC(=O)c1cnn(C)c1NC(=O)c1nccc2c(N)cc(OC)c(OC)c12. The molecule has 0 radical (unpaired) electrons. The van der Waals surface area contributed by atoms with Crippen LogP contribution in [0.15, 0.2) is 24.5 Å². The second-order valence-electron chi connectivity index (χ2n) is 5.99. The lowest BCUT2D eigenvalue weighted by Crippen LogP contribution is -2.19. The minimum absolute atomic E-state index is 0.0564. The monoisotopic (exact) mass is 399 g/mol. The van der Waals surface area contributed by atoms with Gasteiger partial charge in [0.2, 0.25) is 0 Å². The predicted octanol–water partition coefficient (Wildman–Crippen LogP) is 2.00. The summed E-state index contributed by atoms with van der Waals surface area (Å²) in [6, 6.07) is 3.29. The normalized spacial score (nSPS) is 10.6. The Bertz CT molecular complexity index is 1090. The van der Waals surface area contributed by atoms with Gasteiger partial charge in [-0.25, -0.2) is 4.79 Å². The third-order valence-electron chi connectivity index (χ3n) is 4.30. The molecular weight excluding hydrogens is 378 g/mol. The van der Waals surface area contributed by atoms with Crippen molar-refractivity contribution < 1.29 is 23.8 Å². The smallest absolute Gasteiger partial charge is 0.343 e. The molecule has 0 unspecified atom stereocenters. The van der Waals surface area contributed by atoms with Crippen LogP contribution in [0.25, 0.3) is 10.8 Å². The molecule has 0 aliphatic heterocycles. The maximum Gasteiger partial charge on any atom is 0.343 e. The molecule has 10 nitrogen and oxygen atoms in total. The lowest BCUT2D eigenvalue weighted by atomic mass is 10.1. The number of amides is 1. The van der Waals surface area contributed by atoms with Crippen molar-refractivity contribution in [1.82, 2.24) is 14.8 Å². The fourth-order valence-electron chi connectivity index (χ4n) is 2.98. The second-order valence-corrected chi connectivity index (χ2v) is 5.99. The van der Waals surface area contributed by atoms with Crippen LogP contribution in [0.4, 0.5) is 11.5 Å². The minimum Gasteiger partial charge on any atom is -0.493 e. The van der Waals surface area contributed by atoms with Crippen molar-refractivity contribution in [3.8, 4) is 11.5 Å². The highest BCUT2D eigenvalue weighted by Crippen LogP contribution is 2.40. The summed E-state index contributed by atoms with van der Waals surface area (Å²) in [5, 5.41) is 7.67. The molecule has 0 spiro atoms. The topological polar surface area (TPSA) is 131 Å². The van der Waals surface area contributed by atoms with E-state index in [1.165, 1.54) is 31.3 Å². The van der Waals surface area contributed by atoms with Crippen molar-refractivity contribution in [2.45, 2.75) is 6.92 Å². The number of hydrogen-bond acceptors (Lipinski definition) is 8. The van der Waals surface area contributed by atoms with E-state index in [1.807, 2.05) is 0 Å². The molecule has 152 valence electrons. The molecular formula is C19H21N5O5. The molecule has 2 aromatic heterocycles. The fraction of sp³-hybridized carbons (Fsp3) is 0.263. The van der Waals surface area contributed by atoms with Crippen molar-refractivity contribution in [3.05, 3.63) is 35.8 Å². The molecule has 0 fully saturated rings. The number of aromatic nitrogens is 3. The van der Waals surface area contributed by atoms with E-state index >= 15 is 0 Å². The van der Waals surface area contributed by atoms with Gasteiger partial charge >= 0.3 is 5.97 Å². The van der Waals surface area contributed by atoms with Gasteiger partial charge in [-0.2, -0.15) is 5.10 Å². The molecule has 0 atom stereocenters. The number of carbonyl (C=O) groups is 2. The summed E-state index contributed by atoms with van der Waals surface area (Å²) in [5.74, 6) is -0.291. The number of fused-ring (bicyclic) bond motifs is 1. The highest BCUT2D eigenvalue weighted by Gasteiger charge is 2.24. The van der Waals surface area contributed by atoms with Gasteiger partial charge < -0.3 is 25.3 Å². The Morgan fingerprint density at radius 1 is 1.28 bits per heavy atom. The first-order chi connectivity index (χ1) is 13.9. The summed E-state index contributed by atoms with van der Waals surface area (Å²) in [6.45, 7) is 1.89. The molecule has 3 N–H and O–H groups in total. The number of nitrogens with zero attached hydrogens (tertiary/aromatic N) is 3. The van der Waals surface area contributed by atoms with Gasteiger partial charge in [0.05, 0.1) is 32.4 Å². The predicted molar refractivity (Wildman–Crippen MR) is 106 cm³/mol. The van der Waals surface area contributed by atoms with Crippen molar-refractivity contribution in [1.29, 1.82) is 0 Å². The molecule has 1 aromatic carbocycles. The number of hydrogen-bond donors (Lipinski definition) is 2. The number of ether oxygens (including phenoxy) is 3. The summed E-state index contributed by atoms with van der Waals surface area (Å²) in [4.78, 5) is 29.4. The summed E-state index contributed by atoms with van der Waals surface area (Å²) in [7, 11) is 4.53. The second kappa shape index (κ2) is 8.05. The van der Waals surface area contributed by atoms with Crippen molar-refractivity contribution in [3.63, 3.8) is 0 Å². The maximum atomic E-state index is 13.1. The number of pyridine rings is 1. The number of anilines is 2. The van der Waals surface area contributed by atoms with Crippen molar-refractivity contribution >= 4 is 34.2 Å². The third kappa shape index (κ3) is 3.51. The molecule has 0 saturated carbocycles. The van der Waals surface area contributed by atoms with Crippen molar-refractivity contribution in [2.24, 2.45) is 7.05 Å². The number of nitrogen functional groups attached to an aromatic ring is 1. The lowest BCUT2D eigenvalue weighted by Gasteiger charge is -2.15. The van der Waals surface area contributed by atoms with E-state index in [4.69, 9.17) is 19.9 Å². The van der Waals surface area contributed by atoms with Gasteiger partial charge in [-0.15, -0.1) is 0 Å². The maximum absolute atomic E-state index is 13.1. The van der Waals surface area contributed by atoms with Gasteiger partial charge in [-0.05, 0) is 13.0 Å². The van der Waals surface area contributed by atoms with E-state index < -0.39 is 11.9 Å². The number of rotatable bonds is 6. The summed E-state index contributed by atoms with van der Waals surface area (Å²) >= 11 is 0.